The third-order valence-electron chi connectivity index (χ3n) is 3.81. The molecule has 0 aliphatic carbocycles. The summed E-state index contributed by atoms with van der Waals surface area (Å²) in [6.07, 6.45) is 0.114. The highest BCUT2D eigenvalue weighted by atomic mass is 35.5. The quantitative estimate of drug-likeness (QED) is 0.829. The van der Waals surface area contributed by atoms with Crippen LogP contribution in [0.5, 0.6) is 0 Å². The molecular weight excluding hydrogens is 336 g/mol. The second kappa shape index (κ2) is 7.53. The fourth-order valence-corrected chi connectivity index (χ4v) is 3.64. The van der Waals surface area contributed by atoms with E-state index in [1.807, 2.05) is 18.2 Å². The third-order valence-corrected chi connectivity index (χ3v) is 5.34. The van der Waals surface area contributed by atoms with Crippen LogP contribution < -0.4 is 5.69 Å². The van der Waals surface area contributed by atoms with Gasteiger partial charge in [0.2, 0.25) is 0 Å². The summed E-state index contributed by atoms with van der Waals surface area (Å²) in [7, 11) is 1.71. The van der Waals surface area contributed by atoms with E-state index in [1.165, 1.54) is 16.3 Å². The summed E-state index contributed by atoms with van der Waals surface area (Å²) in [5.74, 6) is 0.761. The van der Waals surface area contributed by atoms with Gasteiger partial charge < -0.3 is 4.74 Å². The minimum absolute atomic E-state index is 0.114. The average Bonchev–Trinajstić information content (AvgIpc) is 2.87. The van der Waals surface area contributed by atoms with Gasteiger partial charge in [0.15, 0.2) is 5.16 Å². The van der Waals surface area contributed by atoms with Crippen LogP contribution in [0.4, 0.5) is 0 Å². The van der Waals surface area contributed by atoms with Gasteiger partial charge >= 0.3 is 5.69 Å². The molecule has 1 saturated heterocycles. The summed E-state index contributed by atoms with van der Waals surface area (Å²) in [4.78, 5) is 13.7. The van der Waals surface area contributed by atoms with Gasteiger partial charge in [0, 0.05) is 37.5 Å². The van der Waals surface area contributed by atoms with Crippen LogP contribution >= 0.6 is 23.4 Å². The summed E-state index contributed by atoms with van der Waals surface area (Å²) < 4.78 is 7.33. The van der Waals surface area contributed by atoms with Crippen molar-refractivity contribution in [2.75, 3.05) is 25.4 Å². The highest BCUT2D eigenvalue weighted by Crippen LogP contribution is 2.21. The number of hydrogen-bond donors (Lipinski definition) is 1. The maximum atomic E-state index is 11.4. The average molecular weight is 355 g/mol. The van der Waals surface area contributed by atoms with Crippen molar-refractivity contribution in [1.29, 1.82) is 0 Å². The molecule has 1 aliphatic heterocycles. The van der Waals surface area contributed by atoms with Crippen LogP contribution in [-0.4, -0.2) is 51.2 Å². The van der Waals surface area contributed by atoms with E-state index in [0.29, 0.717) is 11.8 Å². The van der Waals surface area contributed by atoms with Gasteiger partial charge in [-0.25, -0.2) is 9.89 Å². The highest BCUT2D eigenvalue weighted by molar-refractivity contribution is 7.99. The number of morpholine rings is 1. The SMILES string of the molecule is Cn1c(SC[C@H]2CN(Cc3ccccc3Cl)CCO2)n[nH]c1=O. The van der Waals surface area contributed by atoms with Crippen LogP contribution in [0.15, 0.2) is 34.2 Å². The summed E-state index contributed by atoms with van der Waals surface area (Å²) >= 11 is 7.76. The van der Waals surface area contributed by atoms with Crippen LogP contribution in [0.3, 0.4) is 0 Å². The van der Waals surface area contributed by atoms with Gasteiger partial charge in [-0.3, -0.25) is 9.47 Å². The Morgan fingerprint density at radius 3 is 3.04 bits per heavy atom. The molecule has 0 saturated carbocycles. The number of nitrogens with zero attached hydrogens (tertiary/aromatic N) is 3. The molecule has 124 valence electrons. The van der Waals surface area contributed by atoms with Crippen molar-refractivity contribution in [3.05, 3.63) is 45.3 Å². The van der Waals surface area contributed by atoms with E-state index >= 15 is 0 Å². The molecule has 1 fully saturated rings. The standard InChI is InChI=1S/C15H19ClN4O2S/c1-19-14(21)17-18-15(19)23-10-12-9-20(6-7-22-12)8-11-4-2-3-5-13(11)16/h2-5,12H,6-10H2,1H3,(H,17,21)/t12-/m1/s1. The molecule has 0 unspecified atom stereocenters. The number of hydrogen-bond acceptors (Lipinski definition) is 5. The van der Waals surface area contributed by atoms with Crippen LogP contribution in [0.1, 0.15) is 5.56 Å². The van der Waals surface area contributed by atoms with E-state index in [4.69, 9.17) is 16.3 Å². The summed E-state index contributed by atoms with van der Waals surface area (Å²) in [6, 6.07) is 7.93. The number of aromatic nitrogens is 3. The molecular formula is C15H19ClN4O2S. The van der Waals surface area contributed by atoms with Crippen molar-refractivity contribution in [3.8, 4) is 0 Å². The summed E-state index contributed by atoms with van der Waals surface area (Å²) in [6.45, 7) is 3.27. The number of nitrogens with one attached hydrogen (secondary N) is 1. The normalized spacial score (nSPS) is 19.1. The minimum Gasteiger partial charge on any atom is -0.375 e. The Bertz CT molecular complexity index is 717. The zero-order chi connectivity index (χ0) is 16.2. The van der Waals surface area contributed by atoms with E-state index in [9.17, 15) is 4.79 Å². The van der Waals surface area contributed by atoms with E-state index in [2.05, 4.69) is 21.2 Å². The number of rotatable bonds is 5. The Hall–Kier alpha value is -1.28. The van der Waals surface area contributed by atoms with Crippen molar-refractivity contribution in [3.63, 3.8) is 0 Å². The van der Waals surface area contributed by atoms with Gasteiger partial charge in [0.1, 0.15) is 0 Å². The van der Waals surface area contributed by atoms with Crippen molar-refractivity contribution >= 4 is 23.4 Å². The van der Waals surface area contributed by atoms with Crippen molar-refractivity contribution in [1.82, 2.24) is 19.7 Å². The van der Waals surface area contributed by atoms with Crippen molar-refractivity contribution in [2.45, 2.75) is 17.8 Å². The molecule has 23 heavy (non-hydrogen) atoms. The zero-order valence-electron chi connectivity index (χ0n) is 12.9. The lowest BCUT2D eigenvalue weighted by molar-refractivity contribution is -0.0187. The second-order valence-corrected chi connectivity index (χ2v) is 6.90. The molecule has 0 spiro atoms. The maximum absolute atomic E-state index is 11.4. The van der Waals surface area contributed by atoms with Crippen molar-refractivity contribution < 1.29 is 4.74 Å². The molecule has 1 aliphatic rings. The first-order valence-electron chi connectivity index (χ1n) is 7.45. The van der Waals surface area contributed by atoms with E-state index in [-0.39, 0.29) is 11.8 Å². The van der Waals surface area contributed by atoms with E-state index < -0.39 is 0 Å². The first kappa shape index (κ1) is 16.6. The van der Waals surface area contributed by atoms with Gasteiger partial charge in [-0.05, 0) is 11.6 Å². The Morgan fingerprint density at radius 2 is 2.30 bits per heavy atom. The maximum Gasteiger partial charge on any atom is 0.343 e. The van der Waals surface area contributed by atoms with Gasteiger partial charge in [-0.15, -0.1) is 5.10 Å². The Kier molecular flexibility index (Phi) is 5.42. The van der Waals surface area contributed by atoms with Gasteiger partial charge in [0.05, 0.1) is 12.7 Å². The molecule has 8 heteroatoms. The number of thioether (sulfide) groups is 1. The molecule has 2 heterocycles. The van der Waals surface area contributed by atoms with Crippen LogP contribution in [-0.2, 0) is 18.3 Å². The van der Waals surface area contributed by atoms with Gasteiger partial charge in [-0.1, -0.05) is 41.6 Å². The fraction of sp³-hybridized carbons (Fsp3) is 0.467. The topological polar surface area (TPSA) is 63.1 Å². The predicted octanol–water partition coefficient (Wildman–Crippen LogP) is 1.75. The first-order chi connectivity index (χ1) is 11.1. The first-order valence-corrected chi connectivity index (χ1v) is 8.81. The van der Waals surface area contributed by atoms with Crippen molar-refractivity contribution in [2.24, 2.45) is 7.05 Å². The molecule has 0 bridgehead atoms. The molecule has 1 aromatic carbocycles. The van der Waals surface area contributed by atoms with Crippen LogP contribution in [0, 0.1) is 0 Å². The predicted molar refractivity (Wildman–Crippen MR) is 91.0 cm³/mol. The lowest BCUT2D eigenvalue weighted by Gasteiger charge is -2.32. The molecule has 2 aromatic rings. The minimum atomic E-state index is -0.197. The van der Waals surface area contributed by atoms with E-state index in [0.717, 1.165) is 36.0 Å². The van der Waals surface area contributed by atoms with Gasteiger partial charge in [0.25, 0.3) is 0 Å². The number of H-pyrrole nitrogens is 1. The molecule has 6 nitrogen and oxygen atoms in total. The summed E-state index contributed by atoms with van der Waals surface area (Å²) in [5.41, 5.74) is 0.939. The second-order valence-electron chi connectivity index (χ2n) is 5.50. The molecule has 1 atom stereocenters. The Balaban J connectivity index is 1.55. The molecule has 3 rings (SSSR count). The molecule has 0 radical (unpaired) electrons. The largest absolute Gasteiger partial charge is 0.375 e. The smallest absolute Gasteiger partial charge is 0.343 e. The number of ether oxygens (including phenoxy) is 1. The lowest BCUT2D eigenvalue weighted by Crippen LogP contribution is -2.43. The van der Waals surface area contributed by atoms with Gasteiger partial charge in [-0.2, -0.15) is 0 Å². The molecule has 1 aromatic heterocycles. The van der Waals surface area contributed by atoms with Crippen LogP contribution in [0.2, 0.25) is 5.02 Å². The molecule has 0 amide bonds. The Morgan fingerprint density at radius 1 is 1.48 bits per heavy atom. The monoisotopic (exact) mass is 354 g/mol. The third kappa shape index (κ3) is 4.17. The number of halogens is 1. The highest BCUT2D eigenvalue weighted by Gasteiger charge is 2.22. The Labute approximate surface area is 143 Å². The summed E-state index contributed by atoms with van der Waals surface area (Å²) in [5, 5.41) is 7.93. The molecule has 1 N–H and O–H groups in total. The zero-order valence-corrected chi connectivity index (χ0v) is 14.4. The number of benzene rings is 1. The lowest BCUT2D eigenvalue weighted by atomic mass is 10.2. The fourth-order valence-electron chi connectivity index (χ4n) is 2.52. The van der Waals surface area contributed by atoms with E-state index in [1.54, 1.807) is 7.05 Å². The van der Waals surface area contributed by atoms with Crippen LogP contribution in [0.25, 0.3) is 0 Å². The number of aromatic amines is 1.